The molecule has 1 rings (SSSR count). The van der Waals surface area contributed by atoms with Gasteiger partial charge in [0.15, 0.2) is 6.10 Å². The van der Waals surface area contributed by atoms with Crippen molar-refractivity contribution in [2.45, 2.75) is 52.3 Å². The highest BCUT2D eigenvalue weighted by Crippen LogP contribution is 2.28. The van der Waals surface area contributed by atoms with Gasteiger partial charge in [-0.2, -0.15) is 0 Å². The van der Waals surface area contributed by atoms with Crippen molar-refractivity contribution < 1.29 is 42.9 Å². The average Bonchev–Trinajstić information content (AvgIpc) is 2.63. The molecule has 0 N–H and O–H groups in total. The van der Waals surface area contributed by atoms with Crippen molar-refractivity contribution in [1.29, 1.82) is 0 Å². The van der Waals surface area contributed by atoms with Crippen molar-refractivity contribution in [3.8, 4) is 0 Å². The minimum atomic E-state index is -1.26. The summed E-state index contributed by atoms with van der Waals surface area (Å²) in [7, 11) is 0. The van der Waals surface area contributed by atoms with Crippen molar-refractivity contribution in [3.63, 3.8) is 0 Å². The quantitative estimate of drug-likeness (QED) is 0.497. The zero-order chi connectivity index (χ0) is 16.9. The van der Waals surface area contributed by atoms with Gasteiger partial charge in [0.1, 0.15) is 12.7 Å². The van der Waals surface area contributed by atoms with Crippen molar-refractivity contribution in [2.75, 3.05) is 6.61 Å². The Morgan fingerprint density at radius 2 is 1.27 bits per heavy atom. The first kappa shape index (κ1) is 17.9. The topological polar surface area (TPSA) is 114 Å². The van der Waals surface area contributed by atoms with Crippen LogP contribution in [0.1, 0.15) is 27.7 Å². The molecule has 1 saturated heterocycles. The van der Waals surface area contributed by atoms with Gasteiger partial charge in [0.25, 0.3) is 0 Å². The summed E-state index contributed by atoms with van der Waals surface area (Å²) >= 11 is 0. The van der Waals surface area contributed by atoms with Gasteiger partial charge >= 0.3 is 23.9 Å². The van der Waals surface area contributed by atoms with E-state index in [0.29, 0.717) is 0 Å². The van der Waals surface area contributed by atoms with Gasteiger partial charge in [0.2, 0.25) is 12.4 Å². The van der Waals surface area contributed by atoms with Gasteiger partial charge in [-0.25, -0.2) is 0 Å². The van der Waals surface area contributed by atoms with Crippen molar-refractivity contribution in [1.82, 2.24) is 0 Å². The molecule has 0 aromatic carbocycles. The second kappa shape index (κ2) is 7.74. The Balaban J connectivity index is 2.94. The van der Waals surface area contributed by atoms with Crippen LogP contribution in [-0.2, 0) is 42.9 Å². The van der Waals surface area contributed by atoms with Crippen LogP contribution in [0.15, 0.2) is 0 Å². The lowest BCUT2D eigenvalue weighted by molar-refractivity contribution is -0.197. The predicted octanol–water partition coefficient (Wildman–Crippen LogP) is -0.299. The Bertz CT molecular complexity index is 458. The predicted molar refractivity (Wildman–Crippen MR) is 68.2 cm³/mol. The van der Waals surface area contributed by atoms with Crippen LogP contribution in [0, 0.1) is 0 Å². The number of rotatable bonds is 5. The van der Waals surface area contributed by atoms with E-state index < -0.39 is 48.5 Å². The molecule has 4 atom stereocenters. The summed E-state index contributed by atoms with van der Waals surface area (Å²) in [6, 6.07) is 0. The smallest absolute Gasteiger partial charge is 0.305 e. The van der Waals surface area contributed by atoms with Crippen LogP contribution in [0.4, 0.5) is 0 Å². The van der Waals surface area contributed by atoms with Crippen LogP contribution in [0.25, 0.3) is 0 Å². The second-order valence-electron chi connectivity index (χ2n) is 4.60. The van der Waals surface area contributed by atoms with E-state index in [9.17, 15) is 19.2 Å². The normalized spacial score (nSPS) is 26.9. The van der Waals surface area contributed by atoms with E-state index in [-0.39, 0.29) is 6.61 Å². The van der Waals surface area contributed by atoms with Gasteiger partial charge in [-0.1, -0.05) is 0 Å². The fourth-order valence-electron chi connectivity index (χ4n) is 1.93. The molecule has 1 aliphatic rings. The molecule has 0 spiro atoms. The molecule has 9 heteroatoms. The third-order valence-corrected chi connectivity index (χ3v) is 2.60. The number of esters is 4. The molecule has 9 nitrogen and oxygen atoms in total. The first-order chi connectivity index (χ1) is 10.2. The minimum Gasteiger partial charge on any atom is -0.463 e. The van der Waals surface area contributed by atoms with Gasteiger partial charge in [-0.05, 0) is 0 Å². The summed E-state index contributed by atoms with van der Waals surface area (Å²) in [5, 5.41) is 0. The number of carbonyl (C=O) groups excluding carboxylic acids is 4. The van der Waals surface area contributed by atoms with Crippen LogP contribution in [0.3, 0.4) is 0 Å². The van der Waals surface area contributed by atoms with Gasteiger partial charge < -0.3 is 23.7 Å². The molecule has 124 valence electrons. The zero-order valence-electron chi connectivity index (χ0n) is 12.7. The van der Waals surface area contributed by atoms with Crippen LogP contribution >= 0.6 is 0 Å². The maximum Gasteiger partial charge on any atom is 0.305 e. The molecule has 1 fully saturated rings. The molecule has 22 heavy (non-hydrogen) atoms. The number of hydrogen-bond acceptors (Lipinski definition) is 9. The zero-order valence-corrected chi connectivity index (χ0v) is 12.7. The highest BCUT2D eigenvalue weighted by atomic mass is 16.8. The molecule has 0 aromatic heterocycles. The molecule has 0 aromatic rings. The Morgan fingerprint density at radius 1 is 0.773 bits per heavy atom. The first-order valence-corrected chi connectivity index (χ1v) is 6.51. The molecule has 0 radical (unpaired) electrons. The van der Waals surface area contributed by atoms with Crippen LogP contribution in [-0.4, -0.2) is 55.1 Å². The number of carbonyl (C=O) groups is 4. The summed E-state index contributed by atoms with van der Waals surface area (Å²) < 4.78 is 25.2. The summed E-state index contributed by atoms with van der Waals surface area (Å²) in [5.41, 5.74) is 0. The Kier molecular flexibility index (Phi) is 6.29. The lowest BCUT2D eigenvalue weighted by atomic mass is 10.1. The van der Waals surface area contributed by atoms with Crippen LogP contribution < -0.4 is 0 Å². The maximum atomic E-state index is 11.2. The lowest BCUT2D eigenvalue weighted by Gasteiger charge is -2.22. The van der Waals surface area contributed by atoms with E-state index in [1.54, 1.807) is 0 Å². The third kappa shape index (κ3) is 5.32. The molecule has 1 heterocycles. The van der Waals surface area contributed by atoms with Crippen LogP contribution in [0.5, 0.6) is 0 Å². The first-order valence-electron chi connectivity index (χ1n) is 6.51. The molecule has 0 saturated carbocycles. The molecule has 0 aliphatic carbocycles. The van der Waals surface area contributed by atoms with Gasteiger partial charge in [-0.3, -0.25) is 19.2 Å². The SMILES string of the molecule is CC(=O)OC[C@@H]1O[C@H](OC(C)=O)[C@H](OC(C)=O)C1OC(C)=O. The third-order valence-electron chi connectivity index (χ3n) is 2.60. The van der Waals surface area contributed by atoms with E-state index in [2.05, 4.69) is 0 Å². The summed E-state index contributed by atoms with van der Waals surface area (Å²) in [6.45, 7) is 4.40. The van der Waals surface area contributed by atoms with E-state index in [0.717, 1.165) is 20.8 Å². The lowest BCUT2D eigenvalue weighted by Crippen LogP contribution is -2.42. The molecule has 0 amide bonds. The fourth-order valence-corrected chi connectivity index (χ4v) is 1.93. The van der Waals surface area contributed by atoms with Crippen molar-refractivity contribution >= 4 is 23.9 Å². The van der Waals surface area contributed by atoms with Gasteiger partial charge in [0, 0.05) is 27.7 Å². The average molecular weight is 318 g/mol. The van der Waals surface area contributed by atoms with E-state index in [4.69, 9.17) is 23.7 Å². The second-order valence-corrected chi connectivity index (χ2v) is 4.60. The Morgan fingerprint density at radius 3 is 1.73 bits per heavy atom. The van der Waals surface area contributed by atoms with Gasteiger partial charge in [0.05, 0.1) is 0 Å². The summed E-state index contributed by atoms with van der Waals surface area (Å²) in [5.74, 6) is -2.56. The Labute approximate surface area is 126 Å². The van der Waals surface area contributed by atoms with E-state index >= 15 is 0 Å². The highest BCUT2D eigenvalue weighted by molar-refractivity contribution is 5.68. The Hall–Kier alpha value is -2.16. The van der Waals surface area contributed by atoms with Crippen LogP contribution in [0.2, 0.25) is 0 Å². The molecule has 1 aliphatic heterocycles. The molecule has 1 unspecified atom stereocenters. The van der Waals surface area contributed by atoms with Gasteiger partial charge in [-0.15, -0.1) is 0 Å². The highest BCUT2D eigenvalue weighted by Gasteiger charge is 2.51. The summed E-state index contributed by atoms with van der Waals surface area (Å²) in [4.78, 5) is 44.4. The van der Waals surface area contributed by atoms with E-state index in [1.807, 2.05) is 0 Å². The molecule has 0 bridgehead atoms. The molecular formula is C13H18O9. The molecular weight excluding hydrogens is 300 g/mol. The fraction of sp³-hybridized carbons (Fsp3) is 0.692. The standard InChI is InChI=1S/C13H18O9/c1-6(14)18-5-10-11(19-7(2)15)12(20-8(3)16)13(22-10)21-9(4)17/h10-13H,5H2,1-4H3/t10-,11?,12+,13-/m0/s1. The van der Waals surface area contributed by atoms with Crippen molar-refractivity contribution in [2.24, 2.45) is 0 Å². The maximum absolute atomic E-state index is 11.2. The number of ether oxygens (including phenoxy) is 5. The van der Waals surface area contributed by atoms with Crippen molar-refractivity contribution in [3.05, 3.63) is 0 Å². The largest absolute Gasteiger partial charge is 0.463 e. The minimum absolute atomic E-state index is 0.247. The monoisotopic (exact) mass is 318 g/mol. The number of hydrogen-bond donors (Lipinski definition) is 0. The summed E-state index contributed by atoms with van der Waals surface area (Å²) in [6.07, 6.45) is -4.40. The van der Waals surface area contributed by atoms with E-state index in [1.165, 1.54) is 6.92 Å².